The number of nitrogens with two attached hydrogens (primary N) is 1. The van der Waals surface area contributed by atoms with E-state index in [2.05, 4.69) is 5.32 Å². The van der Waals surface area contributed by atoms with E-state index in [1.54, 1.807) is 30.3 Å². The Balaban J connectivity index is 2.50. The number of ether oxygens (including phenoxy) is 2. The summed E-state index contributed by atoms with van der Waals surface area (Å²) < 4.78 is 25.1. The summed E-state index contributed by atoms with van der Waals surface area (Å²) in [5, 5.41) is 12.4. The molecule has 9 nitrogen and oxygen atoms in total. The van der Waals surface area contributed by atoms with Crippen LogP contribution >= 0.6 is 0 Å². The fraction of sp³-hybridized carbons (Fsp3) is 0.167. The molecule has 0 saturated carbocycles. The monoisotopic (exact) mass is 464 g/mol. The molecule has 174 valence electrons. The number of esters is 2. The third-order valence-electron chi connectivity index (χ3n) is 5.29. The van der Waals surface area contributed by atoms with Crippen molar-refractivity contribution in [3.63, 3.8) is 0 Å². The van der Waals surface area contributed by atoms with Crippen LogP contribution in [0.1, 0.15) is 21.8 Å². The van der Waals surface area contributed by atoms with Gasteiger partial charge in [0.15, 0.2) is 0 Å². The number of allylic oxidation sites excluding steroid dienone is 1. The summed E-state index contributed by atoms with van der Waals surface area (Å²) in [6, 6.07) is 14.0. The normalized spacial score (nSPS) is 15.5. The molecule has 2 aromatic carbocycles. The molecule has 1 unspecified atom stereocenters. The molecule has 3 N–H and O–H groups in total. The van der Waals surface area contributed by atoms with Crippen molar-refractivity contribution in [1.29, 1.82) is 5.26 Å². The molecular formula is C24H21FN4O5. The lowest BCUT2D eigenvalue weighted by Crippen LogP contribution is -2.42. The van der Waals surface area contributed by atoms with E-state index in [4.69, 9.17) is 15.2 Å². The lowest BCUT2D eigenvalue weighted by atomic mass is 9.80. The van der Waals surface area contributed by atoms with Gasteiger partial charge in [0.1, 0.15) is 17.3 Å². The molecule has 1 amide bonds. The summed E-state index contributed by atoms with van der Waals surface area (Å²) >= 11 is 0. The van der Waals surface area contributed by atoms with Crippen molar-refractivity contribution in [1.82, 2.24) is 5.32 Å². The third-order valence-corrected chi connectivity index (χ3v) is 5.29. The minimum atomic E-state index is -1.11. The zero-order chi connectivity index (χ0) is 25.0. The number of nitrogens with one attached hydrogen (secondary N) is 1. The molecule has 3 rings (SSSR count). The number of para-hydroxylation sites is 1. The highest BCUT2D eigenvalue weighted by Crippen LogP contribution is 2.44. The zero-order valence-corrected chi connectivity index (χ0v) is 18.6. The van der Waals surface area contributed by atoms with Crippen molar-refractivity contribution in [3.8, 4) is 6.07 Å². The SMILES string of the molecule is CNC(=O)c1cccc(F)c1N1C(N)=C(C#N)C(c2ccccc2)C(C(=O)OC)=C1C(=O)OC. The Kier molecular flexibility index (Phi) is 6.97. The predicted molar refractivity (Wildman–Crippen MR) is 119 cm³/mol. The molecule has 2 aromatic rings. The van der Waals surface area contributed by atoms with Gasteiger partial charge in [-0.05, 0) is 17.7 Å². The second-order valence-corrected chi connectivity index (χ2v) is 7.05. The van der Waals surface area contributed by atoms with Crippen LogP contribution in [0.4, 0.5) is 10.1 Å². The first-order valence-corrected chi connectivity index (χ1v) is 9.98. The number of carbonyl (C=O) groups excluding carboxylic acids is 3. The van der Waals surface area contributed by atoms with Crippen LogP contribution < -0.4 is 16.0 Å². The zero-order valence-electron chi connectivity index (χ0n) is 18.6. The van der Waals surface area contributed by atoms with Gasteiger partial charge in [-0.25, -0.2) is 14.0 Å². The van der Waals surface area contributed by atoms with Gasteiger partial charge in [-0.15, -0.1) is 0 Å². The molecular weight excluding hydrogens is 443 g/mol. The minimum Gasteiger partial charge on any atom is -0.466 e. The van der Waals surface area contributed by atoms with Gasteiger partial charge in [0.25, 0.3) is 5.91 Å². The maximum atomic E-state index is 15.2. The van der Waals surface area contributed by atoms with Gasteiger partial charge in [0.05, 0.1) is 48.6 Å². The number of carbonyl (C=O) groups is 3. The predicted octanol–water partition coefficient (Wildman–Crippen LogP) is 2.08. The Labute approximate surface area is 194 Å². The molecule has 10 heteroatoms. The van der Waals surface area contributed by atoms with E-state index < -0.39 is 41.0 Å². The molecule has 34 heavy (non-hydrogen) atoms. The highest BCUT2D eigenvalue weighted by atomic mass is 19.1. The van der Waals surface area contributed by atoms with Crippen LogP contribution in [0.25, 0.3) is 0 Å². The molecule has 0 fully saturated rings. The van der Waals surface area contributed by atoms with Crippen LogP contribution in [0.15, 0.2) is 71.2 Å². The number of hydrogen-bond acceptors (Lipinski definition) is 8. The summed E-state index contributed by atoms with van der Waals surface area (Å²) in [6.07, 6.45) is 0. The highest BCUT2D eigenvalue weighted by molar-refractivity contribution is 6.08. The van der Waals surface area contributed by atoms with Crippen molar-refractivity contribution in [3.05, 3.63) is 88.1 Å². The number of amides is 1. The first-order chi connectivity index (χ1) is 16.3. The third kappa shape index (κ3) is 3.95. The van der Waals surface area contributed by atoms with Crippen LogP contribution in [0.3, 0.4) is 0 Å². The summed E-state index contributed by atoms with van der Waals surface area (Å²) in [6.45, 7) is 0. The van der Waals surface area contributed by atoms with E-state index >= 15 is 4.39 Å². The van der Waals surface area contributed by atoms with Gasteiger partial charge in [0.2, 0.25) is 0 Å². The topological polar surface area (TPSA) is 135 Å². The van der Waals surface area contributed by atoms with Gasteiger partial charge < -0.3 is 20.5 Å². The number of halogens is 1. The van der Waals surface area contributed by atoms with Crippen molar-refractivity contribution < 1.29 is 28.2 Å². The number of nitrogens with zero attached hydrogens (tertiary/aromatic N) is 2. The van der Waals surface area contributed by atoms with Gasteiger partial charge in [-0.3, -0.25) is 9.69 Å². The van der Waals surface area contributed by atoms with E-state index in [1.807, 2.05) is 6.07 Å². The number of hydrogen-bond donors (Lipinski definition) is 2. The first kappa shape index (κ1) is 24.0. The maximum absolute atomic E-state index is 15.2. The van der Waals surface area contributed by atoms with Crippen LogP contribution in [0, 0.1) is 17.1 Å². The molecule has 0 aromatic heterocycles. The smallest absolute Gasteiger partial charge is 0.355 e. The van der Waals surface area contributed by atoms with Gasteiger partial charge >= 0.3 is 11.9 Å². The van der Waals surface area contributed by atoms with E-state index in [-0.39, 0.29) is 22.5 Å². The van der Waals surface area contributed by atoms with E-state index in [1.165, 1.54) is 19.2 Å². The maximum Gasteiger partial charge on any atom is 0.355 e. The molecule has 0 aliphatic carbocycles. The first-order valence-electron chi connectivity index (χ1n) is 9.98. The van der Waals surface area contributed by atoms with Crippen molar-refractivity contribution in [2.45, 2.75) is 5.92 Å². The second-order valence-electron chi connectivity index (χ2n) is 7.05. The fourth-order valence-corrected chi connectivity index (χ4v) is 3.81. The lowest BCUT2D eigenvalue weighted by molar-refractivity contribution is -0.139. The van der Waals surface area contributed by atoms with Crippen LogP contribution in [0.2, 0.25) is 0 Å². The number of nitriles is 1. The summed E-state index contributed by atoms with van der Waals surface area (Å²) in [7, 11) is 3.51. The molecule has 0 radical (unpaired) electrons. The van der Waals surface area contributed by atoms with Crippen LogP contribution in [0.5, 0.6) is 0 Å². The molecule has 0 spiro atoms. The Morgan fingerprint density at radius 3 is 2.26 bits per heavy atom. The van der Waals surface area contributed by atoms with Crippen molar-refractivity contribution in [2.75, 3.05) is 26.2 Å². The van der Waals surface area contributed by atoms with E-state index in [0.29, 0.717) is 5.56 Å². The van der Waals surface area contributed by atoms with Gasteiger partial charge in [-0.1, -0.05) is 36.4 Å². The quantitative estimate of drug-likeness (QED) is 0.643. The number of benzene rings is 2. The largest absolute Gasteiger partial charge is 0.466 e. The van der Waals surface area contributed by atoms with Crippen molar-refractivity contribution >= 4 is 23.5 Å². The fourth-order valence-electron chi connectivity index (χ4n) is 3.81. The average Bonchev–Trinajstić information content (AvgIpc) is 2.87. The Morgan fingerprint density at radius 2 is 1.71 bits per heavy atom. The Hall–Kier alpha value is -4.65. The molecule has 1 aliphatic heterocycles. The second kappa shape index (κ2) is 9.87. The Morgan fingerprint density at radius 1 is 1.06 bits per heavy atom. The summed E-state index contributed by atoms with van der Waals surface area (Å²) in [5.41, 5.74) is 5.27. The van der Waals surface area contributed by atoms with Gasteiger partial charge in [-0.2, -0.15) is 5.26 Å². The highest BCUT2D eigenvalue weighted by Gasteiger charge is 2.44. The summed E-state index contributed by atoms with van der Waals surface area (Å²) in [4.78, 5) is 39.5. The molecule has 1 aliphatic rings. The molecule has 0 bridgehead atoms. The van der Waals surface area contributed by atoms with Crippen LogP contribution in [-0.2, 0) is 19.1 Å². The average molecular weight is 464 g/mol. The van der Waals surface area contributed by atoms with Crippen molar-refractivity contribution in [2.24, 2.45) is 5.73 Å². The van der Waals surface area contributed by atoms with Gasteiger partial charge in [0, 0.05) is 7.05 Å². The molecule has 0 saturated heterocycles. The minimum absolute atomic E-state index is 0.148. The lowest BCUT2D eigenvalue weighted by Gasteiger charge is -2.36. The molecule has 1 atom stereocenters. The van der Waals surface area contributed by atoms with E-state index in [0.717, 1.165) is 25.2 Å². The standard InChI is InChI=1S/C24H21FN4O5/c1-28-22(30)14-10-7-11-16(25)19(14)29-20(24(32)34-3)18(23(31)33-2)17(15(12-26)21(29)27)13-8-5-4-6-9-13/h4-11,17H,27H2,1-3H3,(H,28,30). The number of rotatable bonds is 5. The van der Waals surface area contributed by atoms with E-state index in [9.17, 15) is 19.6 Å². The Bertz CT molecular complexity index is 1260. The summed E-state index contributed by atoms with van der Waals surface area (Å²) in [5.74, 6) is -5.08. The van der Waals surface area contributed by atoms with Crippen LogP contribution in [-0.4, -0.2) is 39.1 Å². The molecule has 1 heterocycles. The number of anilines is 1. The number of methoxy groups -OCH3 is 2.